The lowest BCUT2D eigenvalue weighted by Gasteiger charge is -2.21. The zero-order valence-electron chi connectivity index (χ0n) is 13.5. The van der Waals surface area contributed by atoms with Gasteiger partial charge in [0.2, 0.25) is 6.33 Å². The number of aryl methyl sites for hydroxylation is 1. The summed E-state index contributed by atoms with van der Waals surface area (Å²) in [5.74, 6) is 0. The Balaban J connectivity index is 1.82. The van der Waals surface area contributed by atoms with Gasteiger partial charge in [0.05, 0.1) is 13.2 Å². The highest BCUT2D eigenvalue weighted by atomic mass is 28.3. The van der Waals surface area contributed by atoms with Crippen LogP contribution in [0.3, 0.4) is 0 Å². The number of hydrogen-bond donors (Lipinski definition) is 0. The SMILES string of the molecule is C[n+]1ccn(C[Si](C)(C)c2ccc(-c3ccccc3)cc2)c1. The molecule has 3 aromatic rings. The summed E-state index contributed by atoms with van der Waals surface area (Å²) < 4.78 is 4.40. The number of imidazole rings is 1. The molecule has 1 heterocycles. The molecule has 0 amide bonds. The van der Waals surface area contributed by atoms with E-state index in [-0.39, 0.29) is 0 Å². The third-order valence-electron chi connectivity index (χ3n) is 4.18. The predicted molar refractivity (Wildman–Crippen MR) is 94.6 cm³/mol. The molecule has 0 radical (unpaired) electrons. The van der Waals surface area contributed by atoms with Gasteiger partial charge in [0.1, 0.15) is 20.5 Å². The van der Waals surface area contributed by atoms with E-state index in [0.717, 1.165) is 6.17 Å². The van der Waals surface area contributed by atoms with E-state index in [1.807, 2.05) is 0 Å². The van der Waals surface area contributed by atoms with Crippen molar-refractivity contribution < 1.29 is 4.57 Å². The zero-order chi connectivity index (χ0) is 15.6. The second-order valence-corrected chi connectivity index (χ2v) is 11.2. The summed E-state index contributed by atoms with van der Waals surface area (Å²) in [7, 11) is 0.588. The van der Waals surface area contributed by atoms with Crippen LogP contribution in [0.15, 0.2) is 73.3 Å². The molecule has 0 unspecified atom stereocenters. The lowest BCUT2D eigenvalue weighted by atomic mass is 10.1. The summed E-state index contributed by atoms with van der Waals surface area (Å²) in [4.78, 5) is 0. The van der Waals surface area contributed by atoms with Crippen LogP contribution in [0.5, 0.6) is 0 Å². The summed E-state index contributed by atoms with van der Waals surface area (Å²) in [6.45, 7) is 4.87. The number of rotatable bonds is 4. The first-order chi connectivity index (χ1) is 10.5. The van der Waals surface area contributed by atoms with E-state index in [2.05, 4.69) is 103 Å². The highest BCUT2D eigenvalue weighted by molar-refractivity contribution is 6.88. The number of benzene rings is 2. The van der Waals surface area contributed by atoms with Crippen LogP contribution in [0.4, 0.5) is 0 Å². The Morgan fingerprint density at radius 1 is 0.909 bits per heavy atom. The van der Waals surface area contributed by atoms with Crippen LogP contribution in [0.1, 0.15) is 0 Å². The fourth-order valence-corrected chi connectivity index (χ4v) is 5.24. The molecule has 0 saturated heterocycles. The quantitative estimate of drug-likeness (QED) is 0.517. The number of hydrogen-bond acceptors (Lipinski definition) is 0. The Hall–Kier alpha value is -2.13. The maximum atomic E-state index is 2.44. The van der Waals surface area contributed by atoms with Gasteiger partial charge in [0, 0.05) is 0 Å². The van der Waals surface area contributed by atoms with Crippen LogP contribution in [-0.4, -0.2) is 12.6 Å². The molecule has 1 aromatic heterocycles. The van der Waals surface area contributed by atoms with Gasteiger partial charge < -0.3 is 0 Å². The summed E-state index contributed by atoms with van der Waals surface area (Å²) in [5, 5.41) is 1.50. The van der Waals surface area contributed by atoms with Crippen molar-refractivity contribution in [2.75, 3.05) is 0 Å². The van der Waals surface area contributed by atoms with Crippen molar-refractivity contribution in [3.63, 3.8) is 0 Å². The summed E-state index contributed by atoms with van der Waals surface area (Å²) >= 11 is 0. The van der Waals surface area contributed by atoms with E-state index in [1.54, 1.807) is 0 Å². The van der Waals surface area contributed by atoms with Gasteiger partial charge in [-0.15, -0.1) is 0 Å². The average Bonchev–Trinajstić information content (AvgIpc) is 2.93. The smallest absolute Gasteiger partial charge is 0.240 e. The molecule has 22 heavy (non-hydrogen) atoms. The molecule has 0 fully saturated rings. The standard InChI is InChI=1S/C19H23N2Si/c1-20-13-14-21(15-20)16-22(2,3)19-11-9-18(10-12-19)17-7-5-4-6-8-17/h4-15H,16H2,1-3H3/q+1. The van der Waals surface area contributed by atoms with Gasteiger partial charge in [0.15, 0.2) is 0 Å². The Morgan fingerprint density at radius 2 is 1.55 bits per heavy atom. The molecule has 0 saturated carbocycles. The average molecular weight is 307 g/mol. The van der Waals surface area contributed by atoms with Gasteiger partial charge in [0.25, 0.3) is 0 Å². The number of nitrogens with zero attached hydrogens (tertiary/aromatic N) is 2. The van der Waals surface area contributed by atoms with E-state index in [9.17, 15) is 0 Å². The summed E-state index contributed by atoms with van der Waals surface area (Å²) in [6, 6.07) is 19.7. The van der Waals surface area contributed by atoms with Gasteiger partial charge >= 0.3 is 0 Å². The molecule has 0 aliphatic rings. The molecule has 0 atom stereocenters. The third-order valence-corrected chi connectivity index (χ3v) is 7.23. The van der Waals surface area contributed by atoms with Crippen LogP contribution in [0.25, 0.3) is 11.1 Å². The molecule has 2 nitrogen and oxygen atoms in total. The molecule has 0 spiro atoms. The second-order valence-electron chi connectivity index (χ2n) is 6.58. The Morgan fingerprint density at radius 3 is 2.14 bits per heavy atom. The predicted octanol–water partition coefficient (Wildman–Crippen LogP) is 3.13. The fourth-order valence-electron chi connectivity index (χ4n) is 2.89. The third kappa shape index (κ3) is 3.20. The molecule has 3 heteroatoms. The van der Waals surface area contributed by atoms with Crippen molar-refractivity contribution in [3.8, 4) is 11.1 Å². The largest absolute Gasteiger partial charge is 0.243 e. The second kappa shape index (κ2) is 5.93. The molecular weight excluding hydrogens is 284 g/mol. The van der Waals surface area contributed by atoms with Crippen LogP contribution in [0.2, 0.25) is 13.1 Å². The first-order valence-corrected chi connectivity index (χ1v) is 10.9. The molecule has 112 valence electrons. The lowest BCUT2D eigenvalue weighted by molar-refractivity contribution is -0.671. The first-order valence-electron chi connectivity index (χ1n) is 7.72. The van der Waals surface area contributed by atoms with Gasteiger partial charge in [-0.2, -0.15) is 0 Å². The van der Waals surface area contributed by atoms with Gasteiger partial charge in [-0.1, -0.05) is 72.9 Å². The minimum absolute atomic E-state index is 1.11. The van der Waals surface area contributed by atoms with Crippen LogP contribution >= 0.6 is 0 Å². The Kier molecular flexibility index (Phi) is 3.99. The fraction of sp³-hybridized carbons (Fsp3) is 0.211. The van der Waals surface area contributed by atoms with Gasteiger partial charge in [-0.05, 0) is 11.1 Å². The van der Waals surface area contributed by atoms with Crippen LogP contribution in [-0.2, 0) is 13.2 Å². The van der Waals surface area contributed by atoms with E-state index in [0.29, 0.717) is 0 Å². The number of aromatic nitrogens is 2. The summed E-state index contributed by atoms with van der Waals surface area (Å²) in [5.41, 5.74) is 2.58. The molecule has 2 aromatic carbocycles. The van der Waals surface area contributed by atoms with E-state index >= 15 is 0 Å². The van der Waals surface area contributed by atoms with Crippen molar-refractivity contribution >= 4 is 13.3 Å². The van der Waals surface area contributed by atoms with Gasteiger partial charge in [-0.25, -0.2) is 9.13 Å². The molecule has 3 rings (SSSR count). The highest BCUT2D eigenvalue weighted by Crippen LogP contribution is 2.18. The van der Waals surface area contributed by atoms with E-state index < -0.39 is 8.07 Å². The van der Waals surface area contributed by atoms with Gasteiger partial charge in [-0.3, -0.25) is 0 Å². The maximum Gasteiger partial charge on any atom is 0.243 e. The van der Waals surface area contributed by atoms with Crippen molar-refractivity contribution in [2.24, 2.45) is 7.05 Å². The molecule has 0 N–H and O–H groups in total. The van der Waals surface area contributed by atoms with Crippen LogP contribution < -0.4 is 9.75 Å². The first kappa shape index (κ1) is 14.8. The van der Waals surface area contributed by atoms with E-state index in [1.165, 1.54) is 16.3 Å². The molecular formula is C19H23N2Si+. The minimum atomic E-state index is -1.48. The molecule has 0 aliphatic heterocycles. The van der Waals surface area contributed by atoms with Crippen molar-refractivity contribution in [1.82, 2.24) is 4.57 Å². The molecule has 0 aliphatic carbocycles. The highest BCUT2D eigenvalue weighted by Gasteiger charge is 2.26. The topological polar surface area (TPSA) is 8.81 Å². The van der Waals surface area contributed by atoms with Crippen molar-refractivity contribution in [2.45, 2.75) is 19.3 Å². The lowest BCUT2D eigenvalue weighted by Crippen LogP contribution is -2.45. The van der Waals surface area contributed by atoms with E-state index in [4.69, 9.17) is 0 Å². The normalized spacial score (nSPS) is 11.6. The molecule has 0 bridgehead atoms. The van der Waals surface area contributed by atoms with Crippen molar-refractivity contribution in [1.29, 1.82) is 0 Å². The van der Waals surface area contributed by atoms with Crippen LogP contribution in [0, 0.1) is 0 Å². The Labute approximate surface area is 133 Å². The van der Waals surface area contributed by atoms with Crippen molar-refractivity contribution in [3.05, 3.63) is 73.3 Å². The Bertz CT molecular complexity index is 743. The monoisotopic (exact) mass is 307 g/mol. The maximum absolute atomic E-state index is 2.44. The zero-order valence-corrected chi connectivity index (χ0v) is 14.5. The summed E-state index contributed by atoms with van der Waals surface area (Å²) in [6.07, 6.45) is 7.53. The minimum Gasteiger partial charge on any atom is -0.240 e.